The summed E-state index contributed by atoms with van der Waals surface area (Å²) in [5.74, 6) is 0.0291. The average Bonchev–Trinajstić information content (AvgIpc) is 3.08. The fraction of sp³-hybridized carbons (Fsp3) is 0.250. The van der Waals surface area contributed by atoms with Gasteiger partial charge in [0.25, 0.3) is 0 Å². The van der Waals surface area contributed by atoms with Gasteiger partial charge in [0.05, 0.1) is 23.3 Å². The summed E-state index contributed by atoms with van der Waals surface area (Å²) in [5, 5.41) is 6.05. The summed E-state index contributed by atoms with van der Waals surface area (Å²) < 4.78 is 0. The zero-order valence-corrected chi connectivity index (χ0v) is 14.6. The Morgan fingerprint density at radius 3 is 2.60 bits per heavy atom. The molecule has 4 nitrogen and oxygen atoms in total. The van der Waals surface area contributed by atoms with Gasteiger partial charge in [0, 0.05) is 11.6 Å². The van der Waals surface area contributed by atoms with Crippen molar-refractivity contribution in [3.05, 3.63) is 71.4 Å². The SMILES string of the molecule is O=C(Cc1csc(-c2ccccn2)n1)NC1(c2ccccc2)CCC1. The van der Waals surface area contributed by atoms with Crippen molar-refractivity contribution in [1.29, 1.82) is 0 Å². The van der Waals surface area contributed by atoms with Crippen LogP contribution in [0, 0.1) is 0 Å². The zero-order valence-electron chi connectivity index (χ0n) is 13.8. The summed E-state index contributed by atoms with van der Waals surface area (Å²) in [4.78, 5) is 21.5. The normalized spacial score (nSPS) is 15.4. The largest absolute Gasteiger partial charge is 0.346 e. The average molecular weight is 349 g/mol. The minimum atomic E-state index is -0.196. The molecule has 0 bridgehead atoms. The van der Waals surface area contributed by atoms with Crippen molar-refractivity contribution in [1.82, 2.24) is 15.3 Å². The number of benzene rings is 1. The van der Waals surface area contributed by atoms with E-state index in [-0.39, 0.29) is 11.4 Å². The van der Waals surface area contributed by atoms with Crippen molar-refractivity contribution in [3.63, 3.8) is 0 Å². The van der Waals surface area contributed by atoms with E-state index in [9.17, 15) is 4.79 Å². The molecule has 1 amide bonds. The lowest BCUT2D eigenvalue weighted by molar-refractivity contribution is -0.123. The molecule has 1 aliphatic carbocycles. The third-order valence-electron chi connectivity index (χ3n) is 4.69. The van der Waals surface area contributed by atoms with Crippen molar-refractivity contribution in [2.75, 3.05) is 0 Å². The van der Waals surface area contributed by atoms with Crippen LogP contribution in [0.25, 0.3) is 10.7 Å². The van der Waals surface area contributed by atoms with E-state index in [2.05, 4.69) is 27.4 Å². The second kappa shape index (κ2) is 6.76. The number of nitrogens with zero attached hydrogens (tertiary/aromatic N) is 2. The van der Waals surface area contributed by atoms with Crippen molar-refractivity contribution >= 4 is 17.2 Å². The molecule has 126 valence electrons. The molecule has 0 saturated heterocycles. The van der Waals surface area contributed by atoms with E-state index in [0.29, 0.717) is 6.42 Å². The van der Waals surface area contributed by atoms with Gasteiger partial charge >= 0.3 is 0 Å². The van der Waals surface area contributed by atoms with Gasteiger partial charge in [-0.3, -0.25) is 9.78 Å². The van der Waals surface area contributed by atoms with Gasteiger partial charge in [-0.05, 0) is 37.0 Å². The molecule has 2 aromatic heterocycles. The molecule has 0 aliphatic heterocycles. The van der Waals surface area contributed by atoms with E-state index in [0.717, 1.165) is 35.7 Å². The lowest BCUT2D eigenvalue weighted by Crippen LogP contribution is -2.51. The van der Waals surface area contributed by atoms with Crippen LogP contribution in [0.4, 0.5) is 0 Å². The monoisotopic (exact) mass is 349 g/mol. The van der Waals surface area contributed by atoms with E-state index in [1.54, 1.807) is 6.20 Å². The molecule has 0 radical (unpaired) electrons. The molecule has 0 spiro atoms. The van der Waals surface area contributed by atoms with Crippen LogP contribution < -0.4 is 5.32 Å². The van der Waals surface area contributed by atoms with E-state index >= 15 is 0 Å². The molecular formula is C20H19N3OS. The Hall–Kier alpha value is -2.53. The quantitative estimate of drug-likeness (QED) is 0.759. The number of carbonyl (C=O) groups excluding carboxylic acids is 1. The van der Waals surface area contributed by atoms with Crippen molar-refractivity contribution < 1.29 is 4.79 Å². The number of thiazole rings is 1. The minimum Gasteiger partial charge on any atom is -0.346 e. The Labute approximate surface area is 151 Å². The van der Waals surface area contributed by atoms with Gasteiger partial charge in [-0.2, -0.15) is 0 Å². The summed E-state index contributed by atoms with van der Waals surface area (Å²) >= 11 is 1.53. The number of pyridine rings is 1. The Kier molecular flexibility index (Phi) is 4.32. The summed E-state index contributed by atoms with van der Waals surface area (Å²) in [5.41, 5.74) is 2.64. The van der Waals surface area contributed by atoms with Crippen LogP contribution in [0.2, 0.25) is 0 Å². The Balaban J connectivity index is 1.45. The highest BCUT2D eigenvalue weighted by atomic mass is 32.1. The van der Waals surface area contributed by atoms with E-state index in [1.807, 2.05) is 41.8 Å². The van der Waals surface area contributed by atoms with Gasteiger partial charge in [0.1, 0.15) is 5.01 Å². The summed E-state index contributed by atoms with van der Waals surface area (Å²) in [7, 11) is 0. The van der Waals surface area contributed by atoms with Gasteiger partial charge < -0.3 is 5.32 Å². The molecule has 4 rings (SSSR count). The van der Waals surface area contributed by atoms with Gasteiger partial charge in [0.2, 0.25) is 5.91 Å². The molecule has 5 heteroatoms. The van der Waals surface area contributed by atoms with Crippen LogP contribution >= 0.6 is 11.3 Å². The molecule has 0 unspecified atom stereocenters. The molecule has 1 aromatic carbocycles. The number of hydrogen-bond acceptors (Lipinski definition) is 4. The third kappa shape index (κ3) is 3.33. The van der Waals surface area contributed by atoms with Crippen molar-refractivity contribution in [3.8, 4) is 10.7 Å². The second-order valence-corrected chi connectivity index (χ2v) is 7.24. The highest BCUT2D eigenvalue weighted by Gasteiger charge is 2.39. The maximum absolute atomic E-state index is 12.6. The third-order valence-corrected chi connectivity index (χ3v) is 5.60. The van der Waals surface area contributed by atoms with E-state index < -0.39 is 0 Å². The number of amides is 1. The van der Waals surface area contributed by atoms with Crippen LogP contribution in [0.5, 0.6) is 0 Å². The predicted molar refractivity (Wildman–Crippen MR) is 99.2 cm³/mol. The molecule has 3 aromatic rings. The Bertz CT molecular complexity index is 857. The number of nitrogens with one attached hydrogen (secondary N) is 1. The zero-order chi connectivity index (χ0) is 17.1. The number of rotatable bonds is 5. The highest BCUT2D eigenvalue weighted by molar-refractivity contribution is 7.13. The second-order valence-electron chi connectivity index (χ2n) is 6.39. The molecular weight excluding hydrogens is 330 g/mol. The molecule has 0 atom stereocenters. The lowest BCUT2D eigenvalue weighted by Gasteiger charge is -2.43. The van der Waals surface area contributed by atoms with E-state index in [4.69, 9.17) is 0 Å². The maximum Gasteiger partial charge on any atom is 0.226 e. The van der Waals surface area contributed by atoms with Gasteiger partial charge in [-0.25, -0.2) is 4.98 Å². The van der Waals surface area contributed by atoms with Gasteiger partial charge in [0.15, 0.2) is 0 Å². The first-order chi connectivity index (χ1) is 12.3. The standard InChI is InChI=1S/C20H19N3OS/c24-18(23-20(10-6-11-20)15-7-2-1-3-8-15)13-16-14-25-19(22-16)17-9-4-5-12-21-17/h1-5,7-9,12,14H,6,10-11,13H2,(H,23,24). The van der Waals surface area contributed by atoms with Crippen LogP contribution in [0.1, 0.15) is 30.5 Å². The van der Waals surface area contributed by atoms with Gasteiger partial charge in [-0.1, -0.05) is 36.4 Å². The first-order valence-electron chi connectivity index (χ1n) is 8.48. The highest BCUT2D eigenvalue weighted by Crippen LogP contribution is 2.41. The fourth-order valence-corrected chi connectivity index (χ4v) is 4.04. The number of carbonyl (C=O) groups is 1. The van der Waals surface area contributed by atoms with Crippen LogP contribution in [0.15, 0.2) is 60.1 Å². The number of aromatic nitrogens is 2. The van der Waals surface area contributed by atoms with Crippen LogP contribution in [0.3, 0.4) is 0 Å². The number of hydrogen-bond donors (Lipinski definition) is 1. The van der Waals surface area contributed by atoms with Crippen molar-refractivity contribution in [2.24, 2.45) is 0 Å². The predicted octanol–water partition coefficient (Wildman–Crippen LogP) is 3.94. The van der Waals surface area contributed by atoms with E-state index in [1.165, 1.54) is 16.9 Å². The molecule has 1 fully saturated rings. The smallest absolute Gasteiger partial charge is 0.226 e. The minimum absolute atomic E-state index is 0.0291. The maximum atomic E-state index is 12.6. The topological polar surface area (TPSA) is 54.9 Å². The lowest BCUT2D eigenvalue weighted by atomic mass is 9.71. The Morgan fingerprint density at radius 1 is 1.12 bits per heavy atom. The molecule has 1 N–H and O–H groups in total. The van der Waals surface area contributed by atoms with Gasteiger partial charge in [-0.15, -0.1) is 11.3 Å². The van der Waals surface area contributed by atoms with Crippen LogP contribution in [-0.4, -0.2) is 15.9 Å². The summed E-state index contributed by atoms with van der Waals surface area (Å²) in [6, 6.07) is 16.0. The molecule has 1 aliphatic rings. The first kappa shape index (κ1) is 16.0. The Morgan fingerprint density at radius 2 is 1.92 bits per heavy atom. The fourth-order valence-electron chi connectivity index (χ4n) is 3.24. The molecule has 1 saturated carbocycles. The summed E-state index contributed by atoms with van der Waals surface area (Å²) in [6.45, 7) is 0. The first-order valence-corrected chi connectivity index (χ1v) is 9.35. The molecule has 2 heterocycles. The van der Waals surface area contributed by atoms with Crippen molar-refractivity contribution in [2.45, 2.75) is 31.2 Å². The molecule has 25 heavy (non-hydrogen) atoms. The summed E-state index contributed by atoms with van der Waals surface area (Å²) in [6.07, 6.45) is 5.20. The van der Waals surface area contributed by atoms with Crippen LogP contribution in [-0.2, 0) is 16.8 Å².